The SMILES string of the molecule is Cc1ccccc1NC(=O)Nc1ccc(CCC(C)(C)CCCC(=O)NC(CC(=O)O)NC(=O)CCCC(C)(C)CCc2ccc(NC(=O)Nc3ccccc3C)cc2)cc1. The Balaban J connectivity index is 1.11. The van der Waals surface area contributed by atoms with Crippen LogP contribution in [0.25, 0.3) is 0 Å². The number of carboxylic acids is 1. The van der Waals surface area contributed by atoms with Crippen molar-refractivity contribution in [1.29, 1.82) is 0 Å². The molecule has 61 heavy (non-hydrogen) atoms. The minimum absolute atomic E-state index is 0.0448. The number of nitrogens with one attached hydrogen (secondary N) is 6. The van der Waals surface area contributed by atoms with Crippen molar-refractivity contribution < 1.29 is 29.1 Å². The number of aliphatic carboxylic acids is 1. The molecule has 0 atom stereocenters. The van der Waals surface area contributed by atoms with Crippen LogP contribution in [-0.4, -0.2) is 41.1 Å². The normalized spacial score (nSPS) is 11.4. The van der Waals surface area contributed by atoms with Crippen molar-refractivity contribution in [2.75, 3.05) is 21.3 Å². The van der Waals surface area contributed by atoms with Crippen molar-refractivity contribution in [2.45, 2.75) is 118 Å². The third-order valence-electron chi connectivity index (χ3n) is 11.0. The van der Waals surface area contributed by atoms with Crippen molar-refractivity contribution in [3.63, 3.8) is 0 Å². The summed E-state index contributed by atoms with van der Waals surface area (Å²) in [4.78, 5) is 62.2. The number of carbonyl (C=O) groups is 5. The summed E-state index contributed by atoms with van der Waals surface area (Å²) < 4.78 is 0. The van der Waals surface area contributed by atoms with Gasteiger partial charge in [-0.25, -0.2) is 9.59 Å². The summed E-state index contributed by atoms with van der Waals surface area (Å²) >= 11 is 0. The highest BCUT2D eigenvalue weighted by molar-refractivity contribution is 6.00. The van der Waals surface area contributed by atoms with E-state index >= 15 is 0 Å². The first-order valence-electron chi connectivity index (χ1n) is 21.2. The van der Waals surface area contributed by atoms with E-state index < -0.39 is 18.6 Å². The summed E-state index contributed by atoms with van der Waals surface area (Å²) in [6.45, 7) is 12.5. The molecule has 0 heterocycles. The van der Waals surface area contributed by atoms with Crippen LogP contribution in [0.15, 0.2) is 97.1 Å². The number of hydrogen-bond acceptors (Lipinski definition) is 5. The van der Waals surface area contributed by atoms with Gasteiger partial charge in [0.25, 0.3) is 0 Å². The highest BCUT2D eigenvalue weighted by Crippen LogP contribution is 2.31. The average molecular weight is 833 g/mol. The number of benzene rings is 4. The van der Waals surface area contributed by atoms with Gasteiger partial charge in [0.2, 0.25) is 11.8 Å². The number of carbonyl (C=O) groups excluding carboxylic acids is 4. The molecule has 0 saturated carbocycles. The predicted octanol–water partition coefficient (Wildman–Crippen LogP) is 10.6. The highest BCUT2D eigenvalue weighted by Gasteiger charge is 2.23. The van der Waals surface area contributed by atoms with Gasteiger partial charge in [0.05, 0.1) is 6.42 Å². The molecule has 7 N–H and O–H groups in total. The summed E-state index contributed by atoms with van der Waals surface area (Å²) in [5.74, 6) is -1.71. The molecule has 0 unspecified atom stereocenters. The van der Waals surface area contributed by atoms with Crippen LogP contribution < -0.4 is 31.9 Å². The van der Waals surface area contributed by atoms with Gasteiger partial charge in [-0.15, -0.1) is 0 Å². The van der Waals surface area contributed by atoms with Crippen molar-refractivity contribution in [3.05, 3.63) is 119 Å². The van der Waals surface area contributed by atoms with Crippen molar-refractivity contribution in [3.8, 4) is 0 Å². The maximum atomic E-state index is 12.9. The number of aryl methyl sites for hydroxylation is 4. The molecule has 0 aliphatic rings. The summed E-state index contributed by atoms with van der Waals surface area (Å²) in [5, 5.41) is 26.4. The van der Waals surface area contributed by atoms with E-state index in [0.29, 0.717) is 24.2 Å². The van der Waals surface area contributed by atoms with E-state index in [0.717, 1.165) is 72.2 Å². The number of para-hydroxylation sites is 2. The topological polar surface area (TPSA) is 178 Å². The summed E-state index contributed by atoms with van der Waals surface area (Å²) in [6.07, 6.45) is 5.32. The Kier molecular flexibility index (Phi) is 17.9. The van der Waals surface area contributed by atoms with Gasteiger partial charge in [0.15, 0.2) is 0 Å². The molecule has 0 aliphatic heterocycles. The van der Waals surface area contributed by atoms with Gasteiger partial charge < -0.3 is 37.0 Å². The van der Waals surface area contributed by atoms with Crippen LogP contribution in [0.2, 0.25) is 0 Å². The molecule has 12 heteroatoms. The van der Waals surface area contributed by atoms with Crippen LogP contribution >= 0.6 is 0 Å². The fourth-order valence-electron chi connectivity index (χ4n) is 7.02. The molecule has 4 aromatic carbocycles. The second-order valence-electron chi connectivity index (χ2n) is 17.5. The Morgan fingerprint density at radius 1 is 0.525 bits per heavy atom. The van der Waals surface area contributed by atoms with E-state index in [1.165, 1.54) is 0 Å². The number of urea groups is 2. The van der Waals surface area contributed by atoms with Gasteiger partial charge >= 0.3 is 18.0 Å². The molecule has 0 aromatic heterocycles. The molecule has 0 spiro atoms. The van der Waals surface area contributed by atoms with Crippen LogP contribution in [0.3, 0.4) is 0 Å². The van der Waals surface area contributed by atoms with Gasteiger partial charge in [-0.05, 0) is 135 Å². The number of amides is 6. The minimum atomic E-state index is -1.11. The first-order valence-corrected chi connectivity index (χ1v) is 21.2. The second kappa shape index (κ2) is 23.0. The number of carboxylic acid groups (broad SMARTS) is 1. The molecule has 4 rings (SSSR count). The molecule has 0 aliphatic carbocycles. The van der Waals surface area contributed by atoms with Crippen LogP contribution in [0.1, 0.15) is 108 Å². The first kappa shape index (κ1) is 47.5. The first-order chi connectivity index (χ1) is 28.9. The smallest absolute Gasteiger partial charge is 0.323 e. The van der Waals surface area contributed by atoms with Crippen LogP contribution in [0, 0.1) is 24.7 Å². The fourth-order valence-corrected chi connectivity index (χ4v) is 7.02. The van der Waals surface area contributed by atoms with E-state index in [9.17, 15) is 29.1 Å². The molecule has 0 radical (unpaired) electrons. The Hall–Kier alpha value is -6.17. The van der Waals surface area contributed by atoms with Gasteiger partial charge in [0, 0.05) is 35.6 Å². The van der Waals surface area contributed by atoms with Crippen molar-refractivity contribution in [1.82, 2.24) is 10.6 Å². The Morgan fingerprint density at radius 2 is 0.902 bits per heavy atom. The maximum absolute atomic E-state index is 12.9. The molecular weight excluding hydrogens is 769 g/mol. The number of anilines is 4. The van der Waals surface area contributed by atoms with E-state index in [1.54, 1.807) is 0 Å². The standard InChI is InChI=1S/C49H64N6O6/c1-34-13-7-9-15-40(34)52-46(60)50-38-23-19-36(20-24-38)27-31-48(3,4)29-11-17-43(56)54-42(33-45(58)59)55-44(57)18-12-30-49(5,6)32-28-37-21-25-39(26-22-37)51-47(61)53-41-16-10-8-14-35(41)2/h7-10,13-16,19-26,42H,11-12,17-18,27-33H2,1-6H3,(H,54,56)(H,55,57)(H,58,59)(H2,50,52,60)(H2,51,53,61). The molecular formula is C49H64N6O6. The van der Waals surface area contributed by atoms with Gasteiger partial charge in [-0.2, -0.15) is 0 Å². The quantitative estimate of drug-likeness (QED) is 0.0388. The lowest BCUT2D eigenvalue weighted by Gasteiger charge is -2.25. The van der Waals surface area contributed by atoms with Gasteiger partial charge in [0.1, 0.15) is 6.17 Å². The molecule has 6 amide bonds. The molecule has 0 fully saturated rings. The van der Waals surface area contributed by atoms with Crippen LogP contribution in [-0.2, 0) is 27.2 Å². The third kappa shape index (κ3) is 17.9. The Bertz CT molecular complexity index is 1940. The zero-order valence-electron chi connectivity index (χ0n) is 36.6. The molecule has 326 valence electrons. The molecule has 0 saturated heterocycles. The van der Waals surface area contributed by atoms with Gasteiger partial charge in [-0.1, -0.05) is 88.4 Å². The summed E-state index contributed by atoms with van der Waals surface area (Å²) in [6, 6.07) is 30.2. The van der Waals surface area contributed by atoms with E-state index in [2.05, 4.69) is 59.6 Å². The van der Waals surface area contributed by atoms with Crippen molar-refractivity contribution in [2.24, 2.45) is 10.8 Å². The monoisotopic (exact) mass is 832 g/mol. The van der Waals surface area contributed by atoms with Crippen LogP contribution in [0.4, 0.5) is 32.3 Å². The molecule has 4 aromatic rings. The van der Waals surface area contributed by atoms with Crippen molar-refractivity contribution >= 4 is 52.6 Å². The molecule has 12 nitrogen and oxygen atoms in total. The lowest BCUT2D eigenvalue weighted by molar-refractivity contribution is -0.138. The lowest BCUT2D eigenvalue weighted by atomic mass is 9.81. The number of rotatable bonds is 22. The van der Waals surface area contributed by atoms with Gasteiger partial charge in [-0.3, -0.25) is 14.4 Å². The Labute approximate surface area is 361 Å². The second-order valence-corrected chi connectivity index (χ2v) is 17.5. The number of hydrogen-bond donors (Lipinski definition) is 7. The average Bonchev–Trinajstić information content (AvgIpc) is 3.19. The third-order valence-corrected chi connectivity index (χ3v) is 11.0. The maximum Gasteiger partial charge on any atom is 0.323 e. The van der Waals surface area contributed by atoms with Crippen LogP contribution in [0.5, 0.6) is 0 Å². The Morgan fingerprint density at radius 3 is 1.26 bits per heavy atom. The fraction of sp³-hybridized carbons (Fsp3) is 0.408. The highest BCUT2D eigenvalue weighted by atomic mass is 16.4. The minimum Gasteiger partial charge on any atom is -0.481 e. The zero-order valence-corrected chi connectivity index (χ0v) is 36.6. The van der Waals surface area contributed by atoms with E-state index in [-0.39, 0.29) is 47.5 Å². The largest absolute Gasteiger partial charge is 0.481 e. The predicted molar refractivity (Wildman–Crippen MR) is 245 cm³/mol. The summed E-state index contributed by atoms with van der Waals surface area (Å²) in [5.41, 5.74) is 7.08. The lowest BCUT2D eigenvalue weighted by Crippen LogP contribution is -2.49. The van der Waals surface area contributed by atoms with E-state index in [1.807, 2.05) is 111 Å². The van der Waals surface area contributed by atoms with E-state index in [4.69, 9.17) is 0 Å². The zero-order chi connectivity index (χ0) is 44.4. The summed E-state index contributed by atoms with van der Waals surface area (Å²) in [7, 11) is 0. The molecule has 0 bridgehead atoms.